The lowest BCUT2D eigenvalue weighted by molar-refractivity contribution is 0.102. The lowest BCUT2D eigenvalue weighted by atomic mass is 10.2. The zero-order valence-electron chi connectivity index (χ0n) is 12.0. The molecule has 20 heavy (non-hydrogen) atoms. The summed E-state index contributed by atoms with van der Waals surface area (Å²) in [7, 11) is 1.78. The Bertz CT molecular complexity index is 621. The summed E-state index contributed by atoms with van der Waals surface area (Å²) in [5, 5.41) is 8.40. The molecule has 6 heteroatoms. The fourth-order valence-electron chi connectivity index (χ4n) is 1.72. The van der Waals surface area contributed by atoms with Crippen LogP contribution in [-0.2, 0) is 0 Å². The van der Waals surface area contributed by atoms with Crippen LogP contribution in [0.4, 0.5) is 10.8 Å². The van der Waals surface area contributed by atoms with Gasteiger partial charge in [0.25, 0.3) is 5.91 Å². The van der Waals surface area contributed by atoms with Crippen molar-refractivity contribution >= 4 is 28.1 Å². The van der Waals surface area contributed by atoms with Gasteiger partial charge in [-0.1, -0.05) is 13.8 Å². The number of pyridine rings is 1. The van der Waals surface area contributed by atoms with Crippen LogP contribution in [0.5, 0.6) is 0 Å². The van der Waals surface area contributed by atoms with Crippen molar-refractivity contribution in [3.63, 3.8) is 0 Å². The molecule has 0 unspecified atom stereocenters. The Morgan fingerprint density at radius 1 is 1.40 bits per heavy atom. The molecule has 0 spiro atoms. The number of nitrogens with one attached hydrogen (secondary N) is 2. The minimum Gasteiger partial charge on any atom is -0.387 e. The van der Waals surface area contributed by atoms with Crippen LogP contribution in [0.15, 0.2) is 17.6 Å². The van der Waals surface area contributed by atoms with E-state index in [0.29, 0.717) is 16.6 Å². The molecule has 0 saturated heterocycles. The number of nitrogens with zero attached hydrogens (tertiary/aromatic N) is 2. The van der Waals surface area contributed by atoms with E-state index in [1.807, 2.05) is 18.4 Å². The van der Waals surface area contributed by atoms with Gasteiger partial charge in [-0.25, -0.2) is 4.98 Å². The van der Waals surface area contributed by atoms with Crippen molar-refractivity contribution in [3.05, 3.63) is 34.6 Å². The van der Waals surface area contributed by atoms with E-state index in [0.717, 1.165) is 17.1 Å². The fraction of sp³-hybridized carbons (Fsp3) is 0.357. The van der Waals surface area contributed by atoms with Crippen molar-refractivity contribution in [2.24, 2.45) is 0 Å². The summed E-state index contributed by atoms with van der Waals surface area (Å²) in [6.07, 6.45) is 1.58. The molecule has 0 fully saturated rings. The highest BCUT2D eigenvalue weighted by Gasteiger charge is 2.14. The van der Waals surface area contributed by atoms with E-state index < -0.39 is 0 Å². The van der Waals surface area contributed by atoms with E-state index in [2.05, 4.69) is 34.4 Å². The molecule has 0 aliphatic heterocycles. The highest BCUT2D eigenvalue weighted by Crippen LogP contribution is 2.23. The molecule has 0 atom stereocenters. The Balaban J connectivity index is 2.19. The number of carbonyl (C=O) groups is 1. The second-order valence-corrected chi connectivity index (χ2v) is 5.67. The molecular weight excluding hydrogens is 272 g/mol. The van der Waals surface area contributed by atoms with Crippen LogP contribution in [0.3, 0.4) is 0 Å². The topological polar surface area (TPSA) is 66.9 Å². The zero-order valence-corrected chi connectivity index (χ0v) is 12.8. The van der Waals surface area contributed by atoms with Gasteiger partial charge in [-0.3, -0.25) is 15.1 Å². The molecule has 0 aliphatic rings. The third kappa shape index (κ3) is 3.14. The van der Waals surface area contributed by atoms with Crippen LogP contribution in [0, 0.1) is 6.92 Å². The van der Waals surface area contributed by atoms with Crippen LogP contribution >= 0.6 is 11.3 Å². The number of hydrogen-bond acceptors (Lipinski definition) is 5. The molecule has 106 valence electrons. The van der Waals surface area contributed by atoms with Gasteiger partial charge in [0.2, 0.25) is 0 Å². The number of carbonyl (C=O) groups excluding carboxylic acids is 1. The highest BCUT2D eigenvalue weighted by atomic mass is 32.1. The number of aromatic nitrogens is 2. The van der Waals surface area contributed by atoms with Crippen molar-refractivity contribution in [3.8, 4) is 0 Å². The Hall–Kier alpha value is -1.95. The Labute approximate surface area is 122 Å². The summed E-state index contributed by atoms with van der Waals surface area (Å²) in [6, 6.07) is 1.84. The minimum atomic E-state index is -0.202. The molecule has 1 amide bonds. The SMILES string of the molecule is CNc1cc(C)ncc1C(=O)Nc1nc(C(C)C)cs1. The van der Waals surface area contributed by atoms with Crippen LogP contribution in [0.25, 0.3) is 0 Å². The van der Waals surface area contributed by atoms with Crippen molar-refractivity contribution < 1.29 is 4.79 Å². The highest BCUT2D eigenvalue weighted by molar-refractivity contribution is 7.14. The quantitative estimate of drug-likeness (QED) is 0.907. The summed E-state index contributed by atoms with van der Waals surface area (Å²) >= 11 is 1.43. The summed E-state index contributed by atoms with van der Waals surface area (Å²) < 4.78 is 0. The molecule has 2 heterocycles. The standard InChI is InChI=1S/C14H18N4OS/c1-8(2)12-7-20-14(17-12)18-13(19)10-6-16-9(3)5-11(10)15-4/h5-8H,1-4H3,(H,15,16)(H,17,18,19). The van der Waals surface area contributed by atoms with E-state index in [4.69, 9.17) is 0 Å². The fourth-order valence-corrected chi connectivity index (χ4v) is 2.59. The number of hydrogen-bond donors (Lipinski definition) is 2. The predicted molar refractivity (Wildman–Crippen MR) is 82.7 cm³/mol. The van der Waals surface area contributed by atoms with Gasteiger partial charge in [-0.05, 0) is 18.9 Å². The first-order valence-electron chi connectivity index (χ1n) is 6.42. The maximum atomic E-state index is 12.3. The monoisotopic (exact) mass is 290 g/mol. The number of thiazole rings is 1. The minimum absolute atomic E-state index is 0.202. The molecule has 0 saturated carbocycles. The number of rotatable bonds is 4. The molecule has 0 bridgehead atoms. The average molecular weight is 290 g/mol. The summed E-state index contributed by atoms with van der Waals surface area (Å²) in [5.41, 5.74) is 3.12. The molecule has 0 aliphatic carbocycles. The van der Waals surface area contributed by atoms with E-state index in [1.54, 1.807) is 13.2 Å². The van der Waals surface area contributed by atoms with Gasteiger partial charge in [0.05, 0.1) is 16.9 Å². The van der Waals surface area contributed by atoms with Crippen molar-refractivity contribution in [2.45, 2.75) is 26.7 Å². The molecule has 5 nitrogen and oxygen atoms in total. The third-order valence-corrected chi connectivity index (χ3v) is 3.66. The second kappa shape index (κ2) is 6.00. The largest absolute Gasteiger partial charge is 0.387 e. The number of amides is 1. The second-order valence-electron chi connectivity index (χ2n) is 4.81. The molecule has 0 aromatic carbocycles. The Morgan fingerprint density at radius 3 is 2.75 bits per heavy atom. The summed E-state index contributed by atoms with van der Waals surface area (Å²) in [5.74, 6) is 0.150. The van der Waals surface area contributed by atoms with E-state index in [9.17, 15) is 4.79 Å². The first-order chi connectivity index (χ1) is 9.51. The normalized spacial score (nSPS) is 10.7. The van der Waals surface area contributed by atoms with Gasteiger partial charge in [-0.15, -0.1) is 11.3 Å². The van der Waals surface area contributed by atoms with Gasteiger partial charge < -0.3 is 5.32 Å². The molecule has 2 aromatic heterocycles. The van der Waals surface area contributed by atoms with E-state index in [1.165, 1.54) is 11.3 Å². The zero-order chi connectivity index (χ0) is 14.7. The summed E-state index contributed by atoms with van der Waals surface area (Å²) in [6.45, 7) is 6.03. The van der Waals surface area contributed by atoms with Gasteiger partial charge >= 0.3 is 0 Å². The van der Waals surface area contributed by atoms with Crippen LogP contribution < -0.4 is 10.6 Å². The number of aryl methyl sites for hydroxylation is 1. The lowest BCUT2D eigenvalue weighted by Gasteiger charge is -2.08. The van der Waals surface area contributed by atoms with Gasteiger partial charge in [-0.2, -0.15) is 0 Å². The van der Waals surface area contributed by atoms with E-state index >= 15 is 0 Å². The first-order valence-corrected chi connectivity index (χ1v) is 7.30. The summed E-state index contributed by atoms with van der Waals surface area (Å²) in [4.78, 5) is 20.8. The van der Waals surface area contributed by atoms with Crippen LogP contribution in [-0.4, -0.2) is 22.9 Å². The number of anilines is 2. The van der Waals surface area contributed by atoms with Gasteiger partial charge in [0.1, 0.15) is 0 Å². The Morgan fingerprint density at radius 2 is 2.15 bits per heavy atom. The molecular formula is C14H18N4OS. The Kier molecular flexibility index (Phi) is 4.34. The van der Waals surface area contributed by atoms with Crippen molar-refractivity contribution in [1.29, 1.82) is 0 Å². The van der Waals surface area contributed by atoms with Crippen molar-refractivity contribution in [2.75, 3.05) is 17.7 Å². The maximum Gasteiger partial charge on any atom is 0.261 e. The lowest BCUT2D eigenvalue weighted by Crippen LogP contribution is -2.14. The first kappa shape index (κ1) is 14.5. The van der Waals surface area contributed by atoms with Gasteiger partial charge in [0, 0.05) is 24.3 Å². The molecule has 2 rings (SSSR count). The van der Waals surface area contributed by atoms with Crippen LogP contribution in [0.1, 0.15) is 41.5 Å². The smallest absolute Gasteiger partial charge is 0.261 e. The average Bonchev–Trinajstić information content (AvgIpc) is 2.87. The molecule has 0 radical (unpaired) electrons. The molecule has 2 aromatic rings. The predicted octanol–water partition coefficient (Wildman–Crippen LogP) is 3.26. The third-order valence-electron chi connectivity index (χ3n) is 2.89. The van der Waals surface area contributed by atoms with Crippen molar-refractivity contribution in [1.82, 2.24) is 9.97 Å². The van der Waals surface area contributed by atoms with E-state index in [-0.39, 0.29) is 5.91 Å². The van der Waals surface area contributed by atoms with Crippen LogP contribution in [0.2, 0.25) is 0 Å². The van der Waals surface area contributed by atoms with Gasteiger partial charge in [0.15, 0.2) is 5.13 Å². The maximum absolute atomic E-state index is 12.3. The molecule has 2 N–H and O–H groups in total.